The van der Waals surface area contributed by atoms with Crippen LogP contribution in [-0.4, -0.2) is 48.9 Å². The highest BCUT2D eigenvalue weighted by molar-refractivity contribution is 7.89. The van der Waals surface area contributed by atoms with Gasteiger partial charge in [0, 0.05) is 6.54 Å². The van der Waals surface area contributed by atoms with Crippen LogP contribution < -0.4 is 0 Å². The van der Waals surface area contributed by atoms with E-state index in [1.165, 1.54) is 16.4 Å². The van der Waals surface area contributed by atoms with Crippen molar-refractivity contribution in [2.75, 3.05) is 18.9 Å². The lowest BCUT2D eigenvalue weighted by atomic mass is 10.0. The molecule has 22 heavy (non-hydrogen) atoms. The Balaban J connectivity index is 2.16. The van der Waals surface area contributed by atoms with E-state index in [4.69, 9.17) is 4.74 Å². The summed E-state index contributed by atoms with van der Waals surface area (Å²) < 4.78 is 44.9. The predicted molar refractivity (Wildman–Crippen MR) is 81.3 cm³/mol. The van der Waals surface area contributed by atoms with Gasteiger partial charge in [-0.1, -0.05) is 12.1 Å². The van der Waals surface area contributed by atoms with Crippen molar-refractivity contribution in [3.8, 4) is 0 Å². The highest BCUT2D eigenvalue weighted by Gasteiger charge is 2.39. The number of nitrogens with zero attached hydrogens (tertiary/aromatic N) is 1. The highest BCUT2D eigenvalue weighted by atomic mass is 32.2. The number of rotatable bonds is 6. The van der Waals surface area contributed by atoms with Crippen molar-refractivity contribution < 1.29 is 22.7 Å². The molecule has 0 radical (unpaired) electrons. The van der Waals surface area contributed by atoms with Crippen LogP contribution in [0.15, 0.2) is 24.3 Å². The van der Waals surface area contributed by atoms with E-state index in [2.05, 4.69) is 0 Å². The van der Waals surface area contributed by atoms with Gasteiger partial charge in [-0.25, -0.2) is 12.8 Å². The number of hydrogen-bond acceptors (Lipinski definition) is 4. The van der Waals surface area contributed by atoms with Gasteiger partial charge in [0.15, 0.2) is 0 Å². The molecule has 1 N–H and O–H groups in total. The maximum Gasteiger partial charge on any atom is 0.217 e. The van der Waals surface area contributed by atoms with Crippen LogP contribution in [-0.2, 0) is 14.8 Å². The molecule has 0 spiro atoms. The molecule has 0 amide bonds. The number of aliphatic hydroxyl groups excluding tert-OH is 1. The van der Waals surface area contributed by atoms with Gasteiger partial charge in [-0.2, -0.15) is 4.31 Å². The first-order valence-electron chi connectivity index (χ1n) is 7.34. The van der Waals surface area contributed by atoms with Crippen LogP contribution in [0.2, 0.25) is 0 Å². The first-order chi connectivity index (χ1) is 10.3. The van der Waals surface area contributed by atoms with Gasteiger partial charge in [0.1, 0.15) is 5.82 Å². The van der Waals surface area contributed by atoms with Crippen LogP contribution in [0.4, 0.5) is 4.39 Å². The highest BCUT2D eigenvalue weighted by Crippen LogP contribution is 2.34. The third-order valence-electron chi connectivity index (χ3n) is 3.62. The molecule has 1 aromatic rings. The number of β-amino-alcohol motifs (C(OH)–C–C–N with tert-alkyl or cyclic N) is 1. The maximum absolute atomic E-state index is 13.4. The second kappa shape index (κ2) is 7.04. The van der Waals surface area contributed by atoms with Gasteiger partial charge in [-0.3, -0.25) is 0 Å². The van der Waals surface area contributed by atoms with Crippen LogP contribution in [0.5, 0.6) is 0 Å². The van der Waals surface area contributed by atoms with E-state index in [0.717, 1.165) is 0 Å². The topological polar surface area (TPSA) is 66.8 Å². The second-order valence-corrected chi connectivity index (χ2v) is 7.81. The molecule has 1 aliphatic rings. The Bertz CT molecular complexity index is 605. The SMILES string of the molecule is CC(C)OCCS(=O)(=O)N1C[C@@H](O)C[C@@H]1c1cccc(F)c1. The smallest absolute Gasteiger partial charge is 0.217 e. The summed E-state index contributed by atoms with van der Waals surface area (Å²) >= 11 is 0. The molecule has 5 nitrogen and oxygen atoms in total. The van der Waals surface area contributed by atoms with E-state index in [1.807, 2.05) is 13.8 Å². The summed E-state index contributed by atoms with van der Waals surface area (Å²) in [6, 6.07) is 5.32. The van der Waals surface area contributed by atoms with Crippen LogP contribution in [0.3, 0.4) is 0 Å². The van der Waals surface area contributed by atoms with Gasteiger partial charge in [0.25, 0.3) is 0 Å². The Kier molecular flexibility index (Phi) is 5.55. The van der Waals surface area contributed by atoms with Crippen molar-refractivity contribution in [2.45, 2.75) is 38.5 Å². The zero-order valence-electron chi connectivity index (χ0n) is 12.8. The minimum Gasteiger partial charge on any atom is -0.392 e. The van der Waals surface area contributed by atoms with Crippen molar-refractivity contribution in [2.24, 2.45) is 0 Å². The fourth-order valence-electron chi connectivity index (χ4n) is 2.61. The number of benzene rings is 1. The van der Waals surface area contributed by atoms with Gasteiger partial charge in [-0.15, -0.1) is 0 Å². The van der Waals surface area contributed by atoms with E-state index in [0.29, 0.717) is 5.56 Å². The zero-order chi connectivity index (χ0) is 16.3. The molecule has 0 aliphatic carbocycles. The minimum absolute atomic E-state index is 0.0329. The van der Waals surface area contributed by atoms with E-state index in [-0.39, 0.29) is 31.4 Å². The van der Waals surface area contributed by atoms with Gasteiger partial charge >= 0.3 is 0 Å². The van der Waals surface area contributed by atoms with E-state index in [1.54, 1.807) is 12.1 Å². The Morgan fingerprint density at radius 2 is 2.18 bits per heavy atom. The van der Waals surface area contributed by atoms with Gasteiger partial charge < -0.3 is 9.84 Å². The van der Waals surface area contributed by atoms with Gasteiger partial charge in [-0.05, 0) is 38.0 Å². The first-order valence-corrected chi connectivity index (χ1v) is 8.95. The normalized spacial score (nSPS) is 23.3. The Morgan fingerprint density at radius 3 is 2.82 bits per heavy atom. The van der Waals surface area contributed by atoms with Crippen molar-refractivity contribution in [1.82, 2.24) is 4.31 Å². The first kappa shape index (κ1) is 17.3. The molecule has 124 valence electrons. The monoisotopic (exact) mass is 331 g/mol. The van der Waals surface area contributed by atoms with Crippen LogP contribution >= 0.6 is 0 Å². The molecule has 2 atom stereocenters. The standard InChI is InChI=1S/C15H22FNO4S/c1-11(2)21-6-7-22(19,20)17-10-14(18)9-15(17)12-4-3-5-13(16)8-12/h3-5,8,11,14-15,18H,6-7,9-10H2,1-2H3/t14-,15+/m0/s1. The number of hydrogen-bond donors (Lipinski definition) is 1. The molecule has 2 rings (SSSR count). The van der Waals surface area contributed by atoms with E-state index >= 15 is 0 Å². The van der Waals surface area contributed by atoms with E-state index in [9.17, 15) is 17.9 Å². The maximum atomic E-state index is 13.4. The minimum atomic E-state index is -3.57. The predicted octanol–water partition coefficient (Wildman–Crippen LogP) is 1.69. The van der Waals surface area contributed by atoms with Crippen molar-refractivity contribution >= 4 is 10.0 Å². The number of sulfonamides is 1. The molecule has 1 aliphatic heterocycles. The lowest BCUT2D eigenvalue weighted by molar-refractivity contribution is 0.0905. The summed E-state index contributed by atoms with van der Waals surface area (Å²) in [4.78, 5) is 0. The summed E-state index contributed by atoms with van der Waals surface area (Å²) in [6.45, 7) is 3.80. The van der Waals surface area contributed by atoms with Crippen molar-refractivity contribution in [3.05, 3.63) is 35.6 Å². The quantitative estimate of drug-likeness (QED) is 0.861. The van der Waals surface area contributed by atoms with Crippen LogP contribution in [0.25, 0.3) is 0 Å². The Hall–Kier alpha value is -1.02. The van der Waals surface area contributed by atoms with Crippen molar-refractivity contribution in [3.63, 3.8) is 0 Å². The third kappa shape index (κ3) is 4.25. The summed E-state index contributed by atoms with van der Waals surface area (Å²) in [7, 11) is -3.57. The number of ether oxygens (including phenoxy) is 1. The van der Waals surface area contributed by atoms with Crippen molar-refractivity contribution in [1.29, 1.82) is 0 Å². The lowest BCUT2D eigenvalue weighted by Gasteiger charge is -2.24. The van der Waals surface area contributed by atoms with E-state index < -0.39 is 28.0 Å². The third-order valence-corrected chi connectivity index (χ3v) is 5.42. The largest absolute Gasteiger partial charge is 0.392 e. The molecule has 1 aromatic carbocycles. The molecule has 0 unspecified atom stereocenters. The molecule has 0 saturated carbocycles. The average molecular weight is 331 g/mol. The number of aliphatic hydroxyl groups is 1. The van der Waals surface area contributed by atoms with Crippen LogP contribution in [0.1, 0.15) is 31.9 Å². The second-order valence-electron chi connectivity index (χ2n) is 5.77. The fraction of sp³-hybridized carbons (Fsp3) is 0.600. The summed E-state index contributed by atoms with van der Waals surface area (Å²) in [5.74, 6) is -0.566. The molecular weight excluding hydrogens is 309 g/mol. The molecule has 7 heteroatoms. The Labute approximate surface area is 130 Å². The molecule has 1 saturated heterocycles. The average Bonchev–Trinajstić information content (AvgIpc) is 2.81. The molecule has 0 aromatic heterocycles. The van der Waals surface area contributed by atoms with Gasteiger partial charge in [0.05, 0.1) is 30.6 Å². The zero-order valence-corrected chi connectivity index (χ0v) is 13.6. The Morgan fingerprint density at radius 1 is 1.45 bits per heavy atom. The number of halogens is 1. The summed E-state index contributed by atoms with van der Waals surface area (Å²) in [6.07, 6.45) is -0.513. The van der Waals surface area contributed by atoms with Gasteiger partial charge in [0.2, 0.25) is 10.0 Å². The lowest BCUT2D eigenvalue weighted by Crippen LogP contribution is -2.35. The summed E-state index contributed by atoms with van der Waals surface area (Å²) in [5, 5.41) is 9.85. The van der Waals surface area contributed by atoms with Crippen LogP contribution in [0, 0.1) is 5.82 Å². The molecule has 1 fully saturated rings. The molecule has 0 bridgehead atoms. The molecular formula is C15H22FNO4S. The molecule has 1 heterocycles. The summed E-state index contributed by atoms with van der Waals surface area (Å²) in [5.41, 5.74) is 0.560. The fourth-order valence-corrected chi connectivity index (χ4v) is 4.15.